The summed E-state index contributed by atoms with van der Waals surface area (Å²) in [5.41, 5.74) is 4.50. The first kappa shape index (κ1) is 15.8. The van der Waals surface area contributed by atoms with Crippen molar-refractivity contribution >= 4 is 11.9 Å². The van der Waals surface area contributed by atoms with Crippen LogP contribution in [0.4, 0.5) is 0 Å². The number of rotatable bonds is 0. The van der Waals surface area contributed by atoms with Crippen LogP contribution in [-0.4, -0.2) is 22.2 Å². The van der Waals surface area contributed by atoms with E-state index in [1.165, 1.54) is 0 Å². The molecule has 3 N–H and O–H groups in total. The van der Waals surface area contributed by atoms with Crippen molar-refractivity contribution in [3.8, 4) is 0 Å². The van der Waals surface area contributed by atoms with E-state index in [1.807, 2.05) is 0 Å². The fourth-order valence-electron chi connectivity index (χ4n) is 0. The summed E-state index contributed by atoms with van der Waals surface area (Å²) in [6, 6.07) is 0. The van der Waals surface area contributed by atoms with Gasteiger partial charge in [0, 0.05) is 13.8 Å². The van der Waals surface area contributed by atoms with Gasteiger partial charge in [-0.05, 0) is 0 Å². The molecule has 0 unspecified atom stereocenters. The number of aliphatic carboxylic acids is 2. The van der Waals surface area contributed by atoms with Crippen molar-refractivity contribution in [1.82, 2.24) is 0 Å². The molecular formula is C4H9NO5. The quantitative estimate of drug-likeness (QED) is 0.436. The summed E-state index contributed by atoms with van der Waals surface area (Å²) in [5.74, 6) is -1.67. The van der Waals surface area contributed by atoms with Crippen LogP contribution >= 0.6 is 0 Å². The van der Waals surface area contributed by atoms with Crippen molar-refractivity contribution in [3.05, 3.63) is 4.91 Å². The van der Waals surface area contributed by atoms with Crippen LogP contribution < -0.4 is 0 Å². The highest BCUT2D eigenvalue weighted by Gasteiger charge is 1.65. The highest BCUT2D eigenvalue weighted by atomic mass is 16.4. The maximum Gasteiger partial charge on any atom is 0.300 e. The minimum Gasteiger partial charge on any atom is -0.481 e. The SMILES string of the molecule is CC(=O)O.CC(=O)O.N=O. The zero-order chi connectivity index (χ0) is 9.15. The molecule has 0 atom stereocenters. The molecule has 0 saturated carbocycles. The van der Waals surface area contributed by atoms with Gasteiger partial charge in [-0.2, -0.15) is 4.91 Å². The summed E-state index contributed by atoms with van der Waals surface area (Å²) in [6.07, 6.45) is 0. The van der Waals surface area contributed by atoms with Gasteiger partial charge in [-0.25, -0.2) is 0 Å². The number of nitrogens with one attached hydrogen (secondary N) is 1. The molecule has 0 bridgehead atoms. The molecule has 0 amide bonds. The third kappa shape index (κ3) is 94.2. The Balaban J connectivity index is -0.0000000787. The lowest BCUT2D eigenvalue weighted by Crippen LogP contribution is -1.78. The van der Waals surface area contributed by atoms with Gasteiger partial charge in [-0.15, -0.1) is 0 Å². The Bertz CT molecular complexity index is 81.8. The van der Waals surface area contributed by atoms with Gasteiger partial charge >= 0.3 is 0 Å². The molecule has 10 heavy (non-hydrogen) atoms. The summed E-state index contributed by atoms with van der Waals surface area (Å²) < 4.78 is 0. The smallest absolute Gasteiger partial charge is 0.300 e. The van der Waals surface area contributed by atoms with Crippen LogP contribution in [0.2, 0.25) is 0 Å². The van der Waals surface area contributed by atoms with E-state index in [0.717, 1.165) is 13.8 Å². The predicted molar refractivity (Wildman–Crippen MR) is 32.7 cm³/mol. The molecule has 0 radical (unpaired) electrons. The Morgan fingerprint density at radius 2 is 1.00 bits per heavy atom. The molecule has 6 nitrogen and oxygen atoms in total. The zero-order valence-electron chi connectivity index (χ0n) is 5.62. The van der Waals surface area contributed by atoms with Gasteiger partial charge in [-0.1, -0.05) is 5.59 Å². The molecule has 60 valence electrons. The highest BCUT2D eigenvalue weighted by molar-refractivity contribution is 5.63. The lowest BCUT2D eigenvalue weighted by molar-refractivity contribution is -0.135. The number of carbonyl (C=O) groups is 2. The van der Waals surface area contributed by atoms with E-state index in [2.05, 4.69) is 5.59 Å². The van der Waals surface area contributed by atoms with Crippen LogP contribution in [0.15, 0.2) is 0 Å². The molecule has 0 aliphatic heterocycles. The van der Waals surface area contributed by atoms with Crippen molar-refractivity contribution < 1.29 is 19.8 Å². The minimum atomic E-state index is -0.833. The second kappa shape index (κ2) is 15.6. The number of carboxylic acids is 2. The van der Waals surface area contributed by atoms with Crippen LogP contribution in [0.25, 0.3) is 0 Å². The normalized spacial score (nSPS) is 5.40. The molecule has 0 aromatic rings. The predicted octanol–water partition coefficient (Wildman–Crippen LogP) is 0.513. The summed E-state index contributed by atoms with van der Waals surface area (Å²) >= 11 is 0. The largest absolute Gasteiger partial charge is 0.481 e. The fourth-order valence-corrected chi connectivity index (χ4v) is 0. The fraction of sp³-hybridized carbons (Fsp3) is 0.500. The van der Waals surface area contributed by atoms with Gasteiger partial charge in [0.05, 0.1) is 0 Å². The van der Waals surface area contributed by atoms with Crippen LogP contribution in [0.5, 0.6) is 0 Å². The van der Waals surface area contributed by atoms with Crippen molar-refractivity contribution in [2.75, 3.05) is 0 Å². The van der Waals surface area contributed by atoms with Crippen molar-refractivity contribution in [3.63, 3.8) is 0 Å². The first-order valence-corrected chi connectivity index (χ1v) is 2.06. The van der Waals surface area contributed by atoms with E-state index in [0.29, 0.717) is 0 Å². The number of hydrogen-bond donors (Lipinski definition) is 3. The topological polar surface area (TPSA) is 116 Å². The summed E-state index contributed by atoms with van der Waals surface area (Å²) in [4.78, 5) is 25.5. The molecule has 0 heterocycles. The zero-order valence-corrected chi connectivity index (χ0v) is 5.62. The molecule has 0 aliphatic rings. The van der Waals surface area contributed by atoms with Gasteiger partial charge in [0.25, 0.3) is 11.9 Å². The Labute approximate surface area is 57.2 Å². The van der Waals surface area contributed by atoms with E-state index in [4.69, 9.17) is 24.7 Å². The number of hydrogen-bond acceptors (Lipinski definition) is 4. The molecule has 0 aromatic carbocycles. The standard InChI is InChI=1S/2C2H4O2.HNO/c2*1-2(3)4;1-2/h2*1H3,(H,3,4);1H. The lowest BCUT2D eigenvalue weighted by atomic mass is 10.9. The Morgan fingerprint density at radius 3 is 1.00 bits per heavy atom. The van der Waals surface area contributed by atoms with E-state index < -0.39 is 11.9 Å². The van der Waals surface area contributed by atoms with E-state index in [-0.39, 0.29) is 0 Å². The Hall–Kier alpha value is -1.46. The number of carboxylic acid groups (broad SMARTS) is 2. The van der Waals surface area contributed by atoms with E-state index >= 15 is 0 Å². The Morgan fingerprint density at radius 1 is 1.00 bits per heavy atom. The molecular weight excluding hydrogens is 142 g/mol. The third-order valence-corrected chi connectivity index (χ3v) is 0. The average Bonchev–Trinajstić information content (AvgIpc) is 1.66. The van der Waals surface area contributed by atoms with Crippen LogP contribution in [0.1, 0.15) is 13.8 Å². The summed E-state index contributed by atoms with van der Waals surface area (Å²) in [5, 5.41) is 14.8. The molecule has 6 heteroatoms. The van der Waals surface area contributed by atoms with Crippen molar-refractivity contribution in [2.45, 2.75) is 13.8 Å². The maximum atomic E-state index is 9.00. The average molecular weight is 151 g/mol. The van der Waals surface area contributed by atoms with Gasteiger partial charge in [-0.3, -0.25) is 9.59 Å². The number of nitroso groups, excluding NO2 is 1. The van der Waals surface area contributed by atoms with Crippen LogP contribution in [0, 0.1) is 10.5 Å². The second-order valence-electron chi connectivity index (χ2n) is 1.04. The summed E-state index contributed by atoms with van der Waals surface area (Å²) in [6.45, 7) is 2.17. The van der Waals surface area contributed by atoms with Crippen molar-refractivity contribution in [1.29, 1.82) is 5.59 Å². The van der Waals surface area contributed by atoms with Crippen LogP contribution in [0.3, 0.4) is 0 Å². The Kier molecular flexibility index (Phi) is 24.8. The first-order chi connectivity index (χ1) is 4.46. The maximum absolute atomic E-state index is 9.00. The van der Waals surface area contributed by atoms with Crippen LogP contribution in [-0.2, 0) is 9.59 Å². The molecule has 0 fully saturated rings. The van der Waals surface area contributed by atoms with Crippen molar-refractivity contribution in [2.24, 2.45) is 0 Å². The minimum absolute atomic E-state index is 0.833. The monoisotopic (exact) mass is 151 g/mol. The molecule has 0 rings (SSSR count). The van der Waals surface area contributed by atoms with Gasteiger partial charge < -0.3 is 10.2 Å². The highest BCUT2D eigenvalue weighted by Crippen LogP contribution is 1.42. The molecule has 0 saturated heterocycles. The second-order valence-corrected chi connectivity index (χ2v) is 1.04. The summed E-state index contributed by atoms with van der Waals surface area (Å²) in [7, 11) is 0. The molecule has 0 aromatic heterocycles. The van der Waals surface area contributed by atoms with E-state index in [1.54, 1.807) is 0 Å². The lowest BCUT2D eigenvalue weighted by Gasteiger charge is -1.59. The molecule has 0 spiro atoms. The molecule has 0 aliphatic carbocycles. The van der Waals surface area contributed by atoms with Gasteiger partial charge in [0.2, 0.25) is 0 Å². The van der Waals surface area contributed by atoms with Gasteiger partial charge in [0.15, 0.2) is 0 Å². The first-order valence-electron chi connectivity index (χ1n) is 2.06. The van der Waals surface area contributed by atoms with Gasteiger partial charge in [0.1, 0.15) is 0 Å². The third-order valence-electron chi connectivity index (χ3n) is 0. The van der Waals surface area contributed by atoms with E-state index in [9.17, 15) is 0 Å².